The number of likely N-dealkylation sites (tertiary alicyclic amines) is 2. The highest BCUT2D eigenvalue weighted by atomic mass is 127. The number of piperidine rings is 2. The fourth-order valence-corrected chi connectivity index (χ4v) is 10.5. The SMILES string of the molecule is C#CCNc1cnc(S(C)(=O)=O)cc1OC.CN1CCC(Nc2cccc3c2cc(I)n3CC(F)(F)F)CC1.COc1cc(S(C)(=O)=O)ncc1NCC#Cc1cc2c(NC3CCN(C)CC3)cccc2n1CC(F)(F)F. The summed E-state index contributed by atoms with van der Waals surface area (Å²) in [6.45, 7) is 2.29. The second-order valence-electron chi connectivity index (χ2n) is 18.5. The Morgan fingerprint density at radius 1 is 0.662 bits per heavy atom. The molecule has 4 N–H and O–H groups in total. The number of terminal acetylenes is 1. The van der Waals surface area contributed by atoms with Crippen LogP contribution in [0.4, 0.5) is 49.1 Å². The van der Waals surface area contributed by atoms with Crippen molar-refractivity contribution < 1.29 is 52.7 Å². The average molecular weight is 1230 g/mol. The van der Waals surface area contributed by atoms with Crippen LogP contribution in [0.1, 0.15) is 31.4 Å². The normalized spacial score (nSPS) is 15.0. The summed E-state index contributed by atoms with van der Waals surface area (Å²) in [7, 11) is 0.181. The zero-order valence-electron chi connectivity index (χ0n) is 43.2. The number of hydrogen-bond acceptors (Lipinski definition) is 14. The Morgan fingerprint density at radius 3 is 1.52 bits per heavy atom. The molecule has 4 aromatic heterocycles. The van der Waals surface area contributed by atoms with E-state index in [9.17, 15) is 43.2 Å². The summed E-state index contributed by atoms with van der Waals surface area (Å²) in [6, 6.07) is 17.6. The van der Waals surface area contributed by atoms with Crippen molar-refractivity contribution in [3.63, 3.8) is 0 Å². The quantitative estimate of drug-likeness (QED) is 0.0462. The summed E-state index contributed by atoms with van der Waals surface area (Å²) in [5, 5.41) is 14.3. The first-order valence-electron chi connectivity index (χ1n) is 24.1. The maximum atomic E-state index is 13.5. The maximum absolute atomic E-state index is 13.5. The van der Waals surface area contributed by atoms with Gasteiger partial charge in [0.05, 0.1) is 71.5 Å². The molecule has 77 heavy (non-hydrogen) atoms. The van der Waals surface area contributed by atoms with E-state index in [1.165, 1.54) is 47.9 Å². The minimum Gasteiger partial charge on any atom is -0.494 e. The molecule has 0 unspecified atom stereocenters. The van der Waals surface area contributed by atoms with Gasteiger partial charge in [-0.3, -0.25) is 0 Å². The van der Waals surface area contributed by atoms with Gasteiger partial charge in [0.25, 0.3) is 0 Å². The first-order chi connectivity index (χ1) is 36.3. The number of anilines is 4. The lowest BCUT2D eigenvalue weighted by Crippen LogP contribution is -2.36. The first kappa shape index (κ1) is 60.1. The number of fused-ring (bicyclic) bond motifs is 2. The number of aromatic nitrogens is 4. The minimum atomic E-state index is -4.42. The Bertz CT molecular complexity index is 3340. The first-order valence-corrected chi connectivity index (χ1v) is 28.9. The van der Waals surface area contributed by atoms with Crippen molar-refractivity contribution in [2.75, 3.05) is 101 Å². The lowest BCUT2D eigenvalue weighted by Gasteiger charge is -2.30. The van der Waals surface area contributed by atoms with Crippen molar-refractivity contribution in [1.29, 1.82) is 0 Å². The van der Waals surface area contributed by atoms with Crippen molar-refractivity contribution in [2.45, 2.75) is 73.3 Å². The van der Waals surface area contributed by atoms with Crippen molar-refractivity contribution in [3.8, 4) is 35.7 Å². The van der Waals surface area contributed by atoms with E-state index in [0.29, 0.717) is 49.8 Å². The summed E-state index contributed by atoms with van der Waals surface area (Å²) in [4.78, 5) is 12.3. The minimum absolute atomic E-state index is 0.0318. The van der Waals surface area contributed by atoms with Crippen LogP contribution in [0.15, 0.2) is 83.1 Å². The molecule has 2 aliphatic rings. The smallest absolute Gasteiger partial charge is 0.406 e. The van der Waals surface area contributed by atoms with E-state index >= 15 is 0 Å². The van der Waals surface area contributed by atoms with Gasteiger partial charge in [-0.2, -0.15) is 26.3 Å². The van der Waals surface area contributed by atoms with Crippen LogP contribution in [0.2, 0.25) is 0 Å². The number of hydrogen-bond donors (Lipinski definition) is 4. The van der Waals surface area contributed by atoms with E-state index < -0.39 is 45.1 Å². The van der Waals surface area contributed by atoms with Crippen LogP contribution < -0.4 is 30.7 Å². The fraction of sp³-hybridized carbons (Fsp3) is 0.423. The van der Waals surface area contributed by atoms with Gasteiger partial charge in [0, 0.05) is 58.9 Å². The molecule has 0 radical (unpaired) electrons. The van der Waals surface area contributed by atoms with E-state index in [1.54, 1.807) is 24.3 Å². The molecular weight excluding hydrogens is 1170 g/mol. The monoisotopic (exact) mass is 1230 g/mol. The number of rotatable bonds is 14. The number of methoxy groups -OCH3 is 2. The molecule has 25 heteroatoms. The van der Waals surface area contributed by atoms with Crippen LogP contribution in [-0.2, 0) is 32.8 Å². The van der Waals surface area contributed by atoms with Crippen LogP contribution in [0.25, 0.3) is 21.8 Å². The van der Waals surface area contributed by atoms with E-state index in [0.717, 1.165) is 81.1 Å². The molecule has 6 heterocycles. The highest BCUT2D eigenvalue weighted by Gasteiger charge is 2.31. The lowest BCUT2D eigenvalue weighted by molar-refractivity contribution is -0.141. The van der Waals surface area contributed by atoms with Gasteiger partial charge in [-0.1, -0.05) is 24.0 Å². The van der Waals surface area contributed by atoms with Gasteiger partial charge in [-0.25, -0.2) is 26.8 Å². The number of nitrogens with zero attached hydrogens (tertiary/aromatic N) is 6. The van der Waals surface area contributed by atoms with E-state index in [-0.39, 0.29) is 34.1 Å². The summed E-state index contributed by atoms with van der Waals surface area (Å²) in [5.41, 5.74) is 4.03. The summed E-state index contributed by atoms with van der Waals surface area (Å²) in [5.74, 6) is 8.78. The van der Waals surface area contributed by atoms with Crippen molar-refractivity contribution in [2.24, 2.45) is 0 Å². The third kappa shape index (κ3) is 17.2. The molecular formula is C52H61F6IN10O6S2. The molecule has 2 aliphatic heterocycles. The van der Waals surface area contributed by atoms with Crippen LogP contribution >= 0.6 is 22.6 Å². The van der Waals surface area contributed by atoms with Crippen LogP contribution in [0, 0.1) is 27.9 Å². The molecule has 0 saturated carbocycles. The summed E-state index contributed by atoms with van der Waals surface area (Å²) >= 11 is 1.97. The zero-order valence-corrected chi connectivity index (χ0v) is 47.0. The van der Waals surface area contributed by atoms with Gasteiger partial charge in [0.2, 0.25) is 0 Å². The van der Waals surface area contributed by atoms with Crippen LogP contribution in [0.5, 0.6) is 11.5 Å². The molecule has 0 aliphatic carbocycles. The molecule has 6 aromatic rings. The summed E-state index contributed by atoms with van der Waals surface area (Å²) < 4.78 is 138. The second kappa shape index (κ2) is 26.0. The van der Waals surface area contributed by atoms with E-state index in [1.807, 2.05) is 46.9 Å². The Kier molecular flexibility index (Phi) is 20.3. The van der Waals surface area contributed by atoms with Gasteiger partial charge < -0.3 is 49.7 Å². The van der Waals surface area contributed by atoms with Gasteiger partial charge >= 0.3 is 12.4 Å². The highest BCUT2D eigenvalue weighted by molar-refractivity contribution is 14.1. The van der Waals surface area contributed by atoms with Crippen molar-refractivity contribution >= 4 is 86.8 Å². The fourth-order valence-electron chi connectivity index (χ4n) is 8.59. The number of alkyl halides is 6. The molecule has 2 fully saturated rings. The van der Waals surface area contributed by atoms with Crippen molar-refractivity contribution in [3.05, 3.63) is 82.5 Å². The Labute approximate surface area is 458 Å². The zero-order chi connectivity index (χ0) is 56.3. The predicted molar refractivity (Wildman–Crippen MR) is 297 cm³/mol. The largest absolute Gasteiger partial charge is 0.494 e. The molecule has 2 aromatic carbocycles. The Hall–Kier alpha value is -6.13. The van der Waals surface area contributed by atoms with E-state index in [2.05, 4.69) is 72.9 Å². The third-order valence-corrected chi connectivity index (χ3v) is 15.4. The van der Waals surface area contributed by atoms with E-state index in [4.69, 9.17) is 15.9 Å². The number of benzene rings is 2. The molecule has 16 nitrogen and oxygen atoms in total. The van der Waals surface area contributed by atoms with Crippen molar-refractivity contribution in [1.82, 2.24) is 28.9 Å². The van der Waals surface area contributed by atoms with Crippen LogP contribution in [0.3, 0.4) is 0 Å². The number of ether oxygens (including phenoxy) is 2. The Morgan fingerprint density at radius 2 is 1.09 bits per heavy atom. The standard InChI is InChI=1S/C26H30F3N5O3S.C16H19F3IN3.C10H12N2O3S/c1-33-12-9-18(10-13-33)32-21-7-4-8-23-20(21)14-19(34(23)17-26(27,28)29)6-5-11-30-22-16-31-25(38(3,35)36)15-24(22)37-2;1-22-7-5-11(6-8-22)21-13-3-2-4-14-12(13)9-15(20)23(14)10-16(17,18)19;1-4-5-11-8-7-12-10(16(3,13)14)6-9(8)15-2/h4,7-8,14-16,18,30,32H,9-13,17H2,1-3H3;2-4,9,11,21H,5-8,10H2,1H3;1,6-7,11H,5H2,2-3H3. The number of halogens is 7. The maximum Gasteiger partial charge on any atom is 0.406 e. The molecule has 0 spiro atoms. The topological polar surface area (TPSA) is 177 Å². The Balaban J connectivity index is 0.000000208. The molecule has 0 amide bonds. The molecule has 416 valence electrons. The average Bonchev–Trinajstić information content (AvgIpc) is 3.88. The predicted octanol–water partition coefficient (Wildman–Crippen LogP) is 8.83. The lowest BCUT2D eigenvalue weighted by atomic mass is 10.0. The number of sulfone groups is 2. The van der Waals surface area contributed by atoms with Gasteiger partial charge in [-0.05, 0) is 131 Å². The van der Waals surface area contributed by atoms with Crippen LogP contribution in [-0.4, -0.2) is 150 Å². The van der Waals surface area contributed by atoms with Gasteiger partial charge in [-0.15, -0.1) is 6.42 Å². The highest BCUT2D eigenvalue weighted by Crippen LogP contribution is 2.34. The molecule has 0 bridgehead atoms. The van der Waals surface area contributed by atoms with Gasteiger partial charge in [0.15, 0.2) is 29.7 Å². The second-order valence-corrected chi connectivity index (χ2v) is 23.6. The number of pyridine rings is 2. The summed E-state index contributed by atoms with van der Waals surface area (Å²) in [6.07, 6.45) is 5.30. The molecule has 2 saturated heterocycles. The number of nitrogens with one attached hydrogen (secondary N) is 4. The molecule has 8 rings (SSSR count). The molecule has 0 atom stereocenters. The van der Waals surface area contributed by atoms with Gasteiger partial charge in [0.1, 0.15) is 24.6 Å². The third-order valence-electron chi connectivity index (χ3n) is 12.5.